The fraction of sp³-hybridized carbons (Fsp3) is 0.0556. The summed E-state index contributed by atoms with van der Waals surface area (Å²) in [7, 11) is 0. The van der Waals surface area contributed by atoms with Gasteiger partial charge >= 0.3 is 5.97 Å². The van der Waals surface area contributed by atoms with Crippen LogP contribution < -0.4 is 4.74 Å². The number of aromatic nitrogens is 3. The van der Waals surface area contributed by atoms with Gasteiger partial charge in [0.1, 0.15) is 18.2 Å². The number of nitrogens with zero attached hydrogens (tertiary/aromatic N) is 2. The van der Waals surface area contributed by atoms with Crippen LogP contribution in [0.4, 0.5) is 4.39 Å². The van der Waals surface area contributed by atoms with Crippen molar-refractivity contribution in [2.24, 2.45) is 0 Å². The maximum atomic E-state index is 14.3. The number of hydrogen-bond donors (Lipinski definition) is 2. The quantitative estimate of drug-likeness (QED) is 0.673. The largest absolute Gasteiger partial charge is 0.487 e. The molecular weight excluding hydrogens is 325 g/mol. The number of pyridine rings is 1. The van der Waals surface area contributed by atoms with Gasteiger partial charge < -0.3 is 9.84 Å². The summed E-state index contributed by atoms with van der Waals surface area (Å²) in [5.41, 5.74) is 2.02. The van der Waals surface area contributed by atoms with Crippen LogP contribution in [0.25, 0.3) is 17.5 Å². The van der Waals surface area contributed by atoms with Crippen LogP contribution >= 0.6 is 0 Å². The summed E-state index contributed by atoms with van der Waals surface area (Å²) in [6.07, 6.45) is 5.28. The summed E-state index contributed by atoms with van der Waals surface area (Å²) in [6.45, 7) is 0.00562. The van der Waals surface area contributed by atoms with Gasteiger partial charge in [0, 0.05) is 23.4 Å². The first-order valence-corrected chi connectivity index (χ1v) is 7.40. The standard InChI is InChI=1S/C18H14FN3O3/c19-18-12(4-7-17(23)24)2-1-3-13(18)11-25-14-5-6-15(20-10-14)16-8-9-21-22-16/h1-10H,11H2,(H,21,22)(H,23,24)/b7-4+. The lowest BCUT2D eigenvalue weighted by molar-refractivity contribution is -0.131. The molecule has 0 aliphatic rings. The first kappa shape index (κ1) is 16.4. The first-order valence-electron chi connectivity index (χ1n) is 7.40. The number of ether oxygens (including phenoxy) is 1. The van der Waals surface area contributed by atoms with Crippen LogP contribution in [-0.2, 0) is 11.4 Å². The van der Waals surface area contributed by atoms with E-state index in [4.69, 9.17) is 9.84 Å². The molecule has 6 nitrogen and oxygen atoms in total. The summed E-state index contributed by atoms with van der Waals surface area (Å²) in [5, 5.41) is 15.3. The second-order valence-corrected chi connectivity index (χ2v) is 5.13. The van der Waals surface area contributed by atoms with Gasteiger partial charge in [-0.3, -0.25) is 10.1 Å². The lowest BCUT2D eigenvalue weighted by atomic mass is 10.1. The van der Waals surface area contributed by atoms with Gasteiger partial charge in [0.2, 0.25) is 0 Å². The van der Waals surface area contributed by atoms with Crippen molar-refractivity contribution >= 4 is 12.0 Å². The number of carboxylic acid groups (broad SMARTS) is 1. The van der Waals surface area contributed by atoms with Crippen molar-refractivity contribution in [2.75, 3.05) is 0 Å². The van der Waals surface area contributed by atoms with Gasteiger partial charge in [0.05, 0.1) is 17.6 Å². The number of H-pyrrole nitrogens is 1. The third kappa shape index (κ3) is 4.08. The first-order chi connectivity index (χ1) is 12.1. The van der Waals surface area contributed by atoms with E-state index in [9.17, 15) is 9.18 Å². The average Bonchev–Trinajstić information content (AvgIpc) is 3.15. The van der Waals surface area contributed by atoms with Gasteiger partial charge in [0.15, 0.2) is 0 Å². The Morgan fingerprint density at radius 1 is 1.28 bits per heavy atom. The smallest absolute Gasteiger partial charge is 0.328 e. The molecule has 3 aromatic rings. The van der Waals surface area contributed by atoms with E-state index in [1.165, 1.54) is 12.1 Å². The van der Waals surface area contributed by atoms with E-state index in [1.807, 2.05) is 0 Å². The SMILES string of the molecule is O=C(O)/C=C/c1cccc(COc2ccc(-c3ccn[nH]3)nc2)c1F. The maximum absolute atomic E-state index is 14.3. The van der Waals surface area contributed by atoms with Crippen LogP contribution in [0.15, 0.2) is 54.9 Å². The van der Waals surface area contributed by atoms with E-state index in [0.717, 1.165) is 17.5 Å². The third-order valence-corrected chi connectivity index (χ3v) is 3.42. The molecule has 0 radical (unpaired) electrons. The molecule has 0 aliphatic heterocycles. The summed E-state index contributed by atoms with van der Waals surface area (Å²) < 4.78 is 19.9. The highest BCUT2D eigenvalue weighted by atomic mass is 19.1. The fourth-order valence-electron chi connectivity index (χ4n) is 2.19. The Balaban J connectivity index is 1.69. The molecule has 0 saturated carbocycles. The van der Waals surface area contributed by atoms with Gasteiger partial charge in [-0.2, -0.15) is 5.10 Å². The minimum atomic E-state index is -1.13. The molecule has 0 fully saturated rings. The average molecular weight is 339 g/mol. The fourth-order valence-corrected chi connectivity index (χ4v) is 2.19. The predicted octanol–water partition coefficient (Wildman–Crippen LogP) is 3.29. The van der Waals surface area contributed by atoms with Gasteiger partial charge in [-0.25, -0.2) is 9.18 Å². The zero-order valence-corrected chi connectivity index (χ0v) is 13.0. The van der Waals surface area contributed by atoms with Crippen LogP contribution in [0.3, 0.4) is 0 Å². The number of hydrogen-bond acceptors (Lipinski definition) is 4. The number of nitrogens with one attached hydrogen (secondary N) is 1. The van der Waals surface area contributed by atoms with E-state index in [-0.39, 0.29) is 12.2 Å². The molecule has 0 unspecified atom stereocenters. The van der Waals surface area contributed by atoms with Crippen LogP contribution in [-0.4, -0.2) is 26.3 Å². The number of rotatable bonds is 6. The van der Waals surface area contributed by atoms with Gasteiger partial charge in [-0.05, 0) is 24.3 Å². The second kappa shape index (κ2) is 7.39. The summed E-state index contributed by atoms with van der Waals surface area (Å²) in [4.78, 5) is 14.8. The minimum Gasteiger partial charge on any atom is -0.487 e. The van der Waals surface area contributed by atoms with Crippen molar-refractivity contribution in [1.82, 2.24) is 15.2 Å². The summed E-state index contributed by atoms with van der Waals surface area (Å²) in [6, 6.07) is 10.0. The van der Waals surface area contributed by atoms with Crippen molar-refractivity contribution in [2.45, 2.75) is 6.61 Å². The van der Waals surface area contributed by atoms with Crippen LogP contribution in [0.5, 0.6) is 5.75 Å². The number of benzene rings is 1. The lowest BCUT2D eigenvalue weighted by Crippen LogP contribution is -2.00. The Labute approximate surface area is 142 Å². The number of carbonyl (C=O) groups is 1. The van der Waals surface area contributed by atoms with Gasteiger partial charge in [-0.15, -0.1) is 0 Å². The second-order valence-electron chi connectivity index (χ2n) is 5.13. The zero-order chi connectivity index (χ0) is 17.6. The van der Waals surface area contributed by atoms with E-state index in [1.54, 1.807) is 42.7 Å². The van der Waals surface area contributed by atoms with Gasteiger partial charge in [0.25, 0.3) is 0 Å². The molecular formula is C18H14FN3O3. The molecule has 7 heteroatoms. The topological polar surface area (TPSA) is 88.1 Å². The molecule has 2 heterocycles. The Morgan fingerprint density at radius 2 is 2.16 bits per heavy atom. The molecule has 0 bridgehead atoms. The lowest BCUT2D eigenvalue weighted by Gasteiger charge is -2.08. The molecule has 25 heavy (non-hydrogen) atoms. The highest BCUT2D eigenvalue weighted by Gasteiger charge is 2.08. The van der Waals surface area contributed by atoms with E-state index >= 15 is 0 Å². The van der Waals surface area contributed by atoms with Crippen molar-refractivity contribution in [3.63, 3.8) is 0 Å². The molecule has 0 aliphatic carbocycles. The Bertz CT molecular complexity index is 890. The highest BCUT2D eigenvalue weighted by molar-refractivity contribution is 5.85. The van der Waals surface area contributed by atoms with E-state index in [0.29, 0.717) is 11.3 Å². The number of aliphatic carboxylic acids is 1. The van der Waals surface area contributed by atoms with Crippen molar-refractivity contribution in [3.05, 3.63) is 71.8 Å². The predicted molar refractivity (Wildman–Crippen MR) is 89.2 cm³/mol. The maximum Gasteiger partial charge on any atom is 0.328 e. The zero-order valence-electron chi connectivity index (χ0n) is 13.0. The Kier molecular flexibility index (Phi) is 4.84. The molecule has 0 atom stereocenters. The van der Waals surface area contributed by atoms with Crippen LogP contribution in [0, 0.1) is 5.82 Å². The molecule has 0 saturated heterocycles. The highest BCUT2D eigenvalue weighted by Crippen LogP contribution is 2.20. The monoisotopic (exact) mass is 339 g/mol. The normalized spacial score (nSPS) is 10.9. The van der Waals surface area contributed by atoms with Crippen molar-refractivity contribution in [3.8, 4) is 17.1 Å². The summed E-state index contributed by atoms with van der Waals surface area (Å²) in [5.74, 6) is -1.15. The van der Waals surface area contributed by atoms with Gasteiger partial charge in [-0.1, -0.05) is 18.2 Å². The molecule has 2 N–H and O–H groups in total. The molecule has 0 spiro atoms. The van der Waals surface area contributed by atoms with Crippen molar-refractivity contribution in [1.29, 1.82) is 0 Å². The van der Waals surface area contributed by atoms with Crippen LogP contribution in [0.2, 0.25) is 0 Å². The Hall–Kier alpha value is -3.48. The molecule has 3 rings (SSSR count). The molecule has 0 amide bonds. The van der Waals surface area contributed by atoms with Crippen LogP contribution in [0.1, 0.15) is 11.1 Å². The molecule has 1 aromatic carbocycles. The minimum absolute atomic E-state index is 0.00562. The van der Waals surface area contributed by atoms with E-state index in [2.05, 4.69) is 15.2 Å². The number of aromatic amines is 1. The van der Waals surface area contributed by atoms with Crippen molar-refractivity contribution < 1.29 is 19.0 Å². The number of carboxylic acids is 1. The molecule has 2 aromatic heterocycles. The molecule has 126 valence electrons. The van der Waals surface area contributed by atoms with E-state index < -0.39 is 11.8 Å². The third-order valence-electron chi connectivity index (χ3n) is 3.42. The summed E-state index contributed by atoms with van der Waals surface area (Å²) >= 11 is 0. The Morgan fingerprint density at radius 3 is 2.84 bits per heavy atom. The number of halogens is 1.